The van der Waals surface area contributed by atoms with Crippen molar-refractivity contribution in [2.45, 2.75) is 40.0 Å². The first kappa shape index (κ1) is 19.5. The van der Waals surface area contributed by atoms with Gasteiger partial charge in [0.25, 0.3) is 0 Å². The van der Waals surface area contributed by atoms with Crippen LogP contribution in [0.25, 0.3) is 5.65 Å². The maximum atomic E-state index is 12.4. The first-order valence-corrected chi connectivity index (χ1v) is 9.29. The highest BCUT2D eigenvalue weighted by atomic mass is 16.2. The van der Waals surface area contributed by atoms with Crippen LogP contribution in [0.4, 0.5) is 5.69 Å². The average Bonchev–Trinajstić information content (AvgIpc) is 3.03. The number of benzene rings is 1. The van der Waals surface area contributed by atoms with E-state index in [0.717, 1.165) is 39.5 Å². The molecule has 7 nitrogen and oxygen atoms in total. The molecule has 0 saturated carbocycles. The summed E-state index contributed by atoms with van der Waals surface area (Å²) < 4.78 is 1.83. The molecule has 0 aliphatic heterocycles. The molecule has 0 aliphatic rings. The van der Waals surface area contributed by atoms with E-state index in [1.54, 1.807) is 7.05 Å². The second-order valence-electron chi connectivity index (χ2n) is 6.91. The second kappa shape index (κ2) is 8.21. The van der Waals surface area contributed by atoms with Gasteiger partial charge in [-0.25, -0.2) is 9.50 Å². The highest BCUT2D eigenvalue weighted by molar-refractivity contribution is 5.91. The van der Waals surface area contributed by atoms with Crippen LogP contribution in [0, 0.1) is 20.8 Å². The van der Waals surface area contributed by atoms with E-state index in [1.807, 2.05) is 55.6 Å². The summed E-state index contributed by atoms with van der Waals surface area (Å²) in [4.78, 5) is 28.4. The van der Waals surface area contributed by atoms with Gasteiger partial charge in [0.15, 0.2) is 5.65 Å². The molecule has 0 spiro atoms. The second-order valence-corrected chi connectivity index (χ2v) is 6.91. The van der Waals surface area contributed by atoms with E-state index in [1.165, 1.54) is 0 Å². The van der Waals surface area contributed by atoms with Crippen molar-refractivity contribution < 1.29 is 9.59 Å². The van der Waals surface area contributed by atoms with E-state index >= 15 is 0 Å². The quantitative estimate of drug-likeness (QED) is 0.689. The number of aromatic nitrogens is 3. The predicted octanol–water partition coefficient (Wildman–Crippen LogP) is 2.51. The molecule has 0 radical (unpaired) electrons. The van der Waals surface area contributed by atoms with Crippen LogP contribution in [0.3, 0.4) is 0 Å². The van der Waals surface area contributed by atoms with Gasteiger partial charge in [-0.3, -0.25) is 9.59 Å². The van der Waals surface area contributed by atoms with Crippen LogP contribution < -0.4 is 10.6 Å². The molecule has 0 saturated heterocycles. The lowest BCUT2D eigenvalue weighted by atomic mass is 10.1. The summed E-state index contributed by atoms with van der Waals surface area (Å²) in [7, 11) is 1.61. The molecule has 146 valence electrons. The maximum Gasteiger partial charge on any atom is 0.224 e. The van der Waals surface area contributed by atoms with Crippen LogP contribution >= 0.6 is 0 Å². The van der Waals surface area contributed by atoms with Crippen molar-refractivity contribution in [3.8, 4) is 0 Å². The van der Waals surface area contributed by atoms with E-state index in [9.17, 15) is 9.59 Å². The number of carbonyl (C=O) groups is 2. The lowest BCUT2D eigenvalue weighted by Crippen LogP contribution is -2.19. The number of hydrogen-bond donors (Lipinski definition) is 2. The molecule has 0 aliphatic carbocycles. The SMILES string of the molecule is CNC(=O)Cc1ccc(NC(=O)CCc2c(C)nc3cc(C)nn3c2C)cc1. The molecule has 2 aromatic heterocycles. The minimum absolute atomic E-state index is 0.0412. The molecule has 3 rings (SSSR count). The van der Waals surface area contributed by atoms with Gasteiger partial charge in [0.1, 0.15) is 0 Å². The first-order chi connectivity index (χ1) is 13.4. The lowest BCUT2D eigenvalue weighted by Gasteiger charge is -2.11. The Morgan fingerprint density at radius 2 is 1.79 bits per heavy atom. The van der Waals surface area contributed by atoms with Gasteiger partial charge in [-0.15, -0.1) is 0 Å². The monoisotopic (exact) mass is 379 g/mol. The van der Waals surface area contributed by atoms with Crippen LogP contribution in [0.2, 0.25) is 0 Å². The van der Waals surface area contributed by atoms with E-state index < -0.39 is 0 Å². The summed E-state index contributed by atoms with van der Waals surface area (Å²) in [6.45, 7) is 5.91. The van der Waals surface area contributed by atoms with Gasteiger partial charge in [0.2, 0.25) is 11.8 Å². The summed E-state index contributed by atoms with van der Waals surface area (Å²) >= 11 is 0. The molecular weight excluding hydrogens is 354 g/mol. The Hall–Kier alpha value is -3.22. The smallest absolute Gasteiger partial charge is 0.224 e. The van der Waals surface area contributed by atoms with Gasteiger partial charge in [-0.2, -0.15) is 5.10 Å². The number of nitrogens with zero attached hydrogens (tertiary/aromatic N) is 3. The Bertz CT molecular complexity index is 1020. The third kappa shape index (κ3) is 4.36. The molecule has 3 aromatic rings. The molecule has 28 heavy (non-hydrogen) atoms. The molecule has 7 heteroatoms. The van der Waals surface area contributed by atoms with Crippen LogP contribution in [0.1, 0.15) is 34.6 Å². The van der Waals surface area contributed by atoms with Crippen LogP contribution in [-0.4, -0.2) is 33.5 Å². The molecule has 2 amide bonds. The fourth-order valence-electron chi connectivity index (χ4n) is 3.24. The fraction of sp³-hybridized carbons (Fsp3) is 0.333. The summed E-state index contributed by atoms with van der Waals surface area (Å²) in [5, 5.41) is 9.97. The molecule has 1 aromatic carbocycles. The van der Waals surface area contributed by atoms with Crippen molar-refractivity contribution >= 4 is 23.1 Å². The number of anilines is 1. The van der Waals surface area contributed by atoms with Gasteiger partial charge in [0.05, 0.1) is 12.1 Å². The number of carbonyl (C=O) groups excluding carboxylic acids is 2. The van der Waals surface area contributed by atoms with Crippen molar-refractivity contribution in [3.63, 3.8) is 0 Å². The summed E-state index contributed by atoms with van der Waals surface area (Å²) in [5.41, 5.74) is 6.36. The van der Waals surface area contributed by atoms with Gasteiger partial charge in [-0.05, 0) is 50.5 Å². The molecule has 2 heterocycles. The van der Waals surface area contributed by atoms with Crippen LogP contribution in [0.5, 0.6) is 0 Å². The molecule has 0 unspecified atom stereocenters. The van der Waals surface area contributed by atoms with Gasteiger partial charge in [0, 0.05) is 36.6 Å². The summed E-state index contributed by atoms with van der Waals surface area (Å²) in [5.74, 6) is -0.102. The zero-order valence-corrected chi connectivity index (χ0v) is 16.7. The van der Waals surface area contributed by atoms with Crippen LogP contribution in [0.15, 0.2) is 30.3 Å². The number of fused-ring (bicyclic) bond motifs is 1. The normalized spacial score (nSPS) is 10.9. The summed E-state index contributed by atoms with van der Waals surface area (Å²) in [6.07, 6.45) is 1.28. The third-order valence-electron chi connectivity index (χ3n) is 4.77. The number of likely N-dealkylation sites (N-methyl/N-ethyl adjacent to an activating group) is 1. The maximum absolute atomic E-state index is 12.4. The Morgan fingerprint density at radius 1 is 1.07 bits per heavy atom. The average molecular weight is 379 g/mol. The third-order valence-corrected chi connectivity index (χ3v) is 4.77. The van der Waals surface area contributed by atoms with Crippen LogP contribution in [-0.2, 0) is 22.4 Å². The van der Waals surface area contributed by atoms with Crippen molar-refractivity contribution in [1.82, 2.24) is 19.9 Å². The van der Waals surface area contributed by atoms with Crippen molar-refractivity contribution in [1.29, 1.82) is 0 Å². The Morgan fingerprint density at radius 3 is 2.46 bits per heavy atom. The zero-order valence-electron chi connectivity index (χ0n) is 16.7. The fourth-order valence-corrected chi connectivity index (χ4v) is 3.24. The minimum Gasteiger partial charge on any atom is -0.359 e. The van der Waals surface area contributed by atoms with Crippen molar-refractivity contribution in [3.05, 3.63) is 58.5 Å². The summed E-state index contributed by atoms with van der Waals surface area (Å²) in [6, 6.07) is 9.26. The van der Waals surface area contributed by atoms with Crippen molar-refractivity contribution in [2.75, 3.05) is 12.4 Å². The first-order valence-electron chi connectivity index (χ1n) is 9.29. The number of amides is 2. The molecule has 0 atom stereocenters. The number of hydrogen-bond acceptors (Lipinski definition) is 4. The molecule has 0 bridgehead atoms. The zero-order chi connectivity index (χ0) is 20.3. The van der Waals surface area contributed by atoms with E-state index in [2.05, 4.69) is 20.7 Å². The Labute approximate surface area is 164 Å². The molecule has 0 fully saturated rings. The van der Waals surface area contributed by atoms with E-state index in [4.69, 9.17) is 0 Å². The van der Waals surface area contributed by atoms with Gasteiger partial charge >= 0.3 is 0 Å². The molecule has 2 N–H and O–H groups in total. The lowest BCUT2D eigenvalue weighted by molar-refractivity contribution is -0.120. The molecular formula is C21H25N5O2. The van der Waals surface area contributed by atoms with Gasteiger partial charge in [-0.1, -0.05) is 12.1 Å². The number of nitrogens with one attached hydrogen (secondary N) is 2. The highest BCUT2D eigenvalue weighted by Gasteiger charge is 2.13. The highest BCUT2D eigenvalue weighted by Crippen LogP contribution is 2.18. The Kier molecular flexibility index (Phi) is 5.73. The largest absolute Gasteiger partial charge is 0.359 e. The Balaban J connectivity index is 1.63. The van der Waals surface area contributed by atoms with Gasteiger partial charge < -0.3 is 10.6 Å². The topological polar surface area (TPSA) is 88.4 Å². The minimum atomic E-state index is -0.0606. The number of aryl methyl sites for hydroxylation is 3. The van der Waals surface area contributed by atoms with Crippen molar-refractivity contribution in [2.24, 2.45) is 0 Å². The standard InChI is InChI=1S/C21H25N5O2/c1-13-11-19-23-14(2)18(15(3)26(19)25-13)9-10-20(27)24-17-7-5-16(6-8-17)12-21(28)22-4/h5-8,11H,9-10,12H2,1-4H3,(H,22,28)(H,24,27). The van der Waals surface area contributed by atoms with E-state index in [0.29, 0.717) is 19.3 Å². The van der Waals surface area contributed by atoms with E-state index in [-0.39, 0.29) is 11.8 Å². The number of rotatable bonds is 6. The predicted molar refractivity (Wildman–Crippen MR) is 108 cm³/mol.